The molecule has 4 fully saturated rings. The van der Waals surface area contributed by atoms with Gasteiger partial charge in [-0.3, -0.25) is 0 Å². The van der Waals surface area contributed by atoms with Crippen molar-refractivity contribution >= 4 is 0 Å². The lowest BCUT2D eigenvalue weighted by atomic mass is 9.47. The first-order valence-electron chi connectivity index (χ1n) is 9.46. The van der Waals surface area contributed by atoms with Gasteiger partial charge in [-0.2, -0.15) is 0 Å². The van der Waals surface area contributed by atoms with Crippen LogP contribution < -0.4 is 5.32 Å². The summed E-state index contributed by atoms with van der Waals surface area (Å²) in [6, 6.07) is 1.38. The van der Waals surface area contributed by atoms with Gasteiger partial charge in [-0.1, -0.05) is 6.92 Å². The number of likely N-dealkylation sites (N-methyl/N-ethyl adjacent to an activating group) is 1. The molecule has 0 aromatic carbocycles. The molecule has 4 rings (SSSR count). The molecule has 122 valence electrons. The lowest BCUT2D eigenvalue weighted by molar-refractivity contribution is -0.0788. The summed E-state index contributed by atoms with van der Waals surface area (Å²) in [6.45, 7) is 9.39. The quantitative estimate of drug-likeness (QED) is 0.765. The second-order valence-corrected chi connectivity index (χ2v) is 8.82. The van der Waals surface area contributed by atoms with Gasteiger partial charge in [0.25, 0.3) is 0 Å². The van der Waals surface area contributed by atoms with Crippen LogP contribution in [0.3, 0.4) is 0 Å². The molecule has 0 amide bonds. The molecule has 2 heteroatoms. The van der Waals surface area contributed by atoms with Crippen molar-refractivity contribution in [3.63, 3.8) is 0 Å². The second-order valence-electron chi connectivity index (χ2n) is 8.82. The van der Waals surface area contributed by atoms with Crippen LogP contribution in [0.2, 0.25) is 0 Å². The Morgan fingerprint density at radius 1 is 1.05 bits per heavy atom. The fourth-order valence-corrected chi connectivity index (χ4v) is 5.90. The van der Waals surface area contributed by atoms with E-state index in [0.29, 0.717) is 11.5 Å². The van der Waals surface area contributed by atoms with E-state index in [9.17, 15) is 0 Å². The lowest BCUT2D eigenvalue weighted by Gasteiger charge is -2.60. The SMILES string of the molecule is CCCNC(CN(C)C(C)C)C12CC3CC(CC(C3)C1)C2. The van der Waals surface area contributed by atoms with Gasteiger partial charge in [-0.25, -0.2) is 0 Å². The Kier molecular flexibility index (Phi) is 4.66. The largest absolute Gasteiger partial charge is 0.312 e. The summed E-state index contributed by atoms with van der Waals surface area (Å²) >= 11 is 0. The van der Waals surface area contributed by atoms with Crippen molar-refractivity contribution < 1.29 is 0 Å². The van der Waals surface area contributed by atoms with Crippen LogP contribution in [-0.2, 0) is 0 Å². The third-order valence-electron chi connectivity index (χ3n) is 6.82. The number of nitrogens with one attached hydrogen (secondary N) is 1. The lowest BCUT2D eigenvalue weighted by Crippen LogP contribution is -2.59. The molecule has 0 aromatic heterocycles. The van der Waals surface area contributed by atoms with Gasteiger partial charge in [0.1, 0.15) is 0 Å². The van der Waals surface area contributed by atoms with E-state index < -0.39 is 0 Å². The zero-order chi connectivity index (χ0) is 15.0. The highest BCUT2D eigenvalue weighted by molar-refractivity contribution is 5.06. The van der Waals surface area contributed by atoms with Gasteiger partial charge in [-0.15, -0.1) is 0 Å². The Balaban J connectivity index is 1.75. The highest BCUT2D eigenvalue weighted by Gasteiger charge is 2.54. The summed E-state index contributed by atoms with van der Waals surface area (Å²) in [5.74, 6) is 3.18. The van der Waals surface area contributed by atoms with Crippen molar-refractivity contribution in [1.29, 1.82) is 0 Å². The summed E-state index contributed by atoms with van der Waals surface area (Å²) in [5, 5.41) is 3.97. The van der Waals surface area contributed by atoms with Crippen molar-refractivity contribution in [1.82, 2.24) is 10.2 Å². The van der Waals surface area contributed by atoms with Gasteiger partial charge in [0, 0.05) is 18.6 Å². The maximum atomic E-state index is 3.97. The van der Waals surface area contributed by atoms with Crippen LogP contribution in [0, 0.1) is 23.2 Å². The van der Waals surface area contributed by atoms with Crippen molar-refractivity contribution in [3.8, 4) is 0 Å². The fourth-order valence-electron chi connectivity index (χ4n) is 5.90. The zero-order valence-electron chi connectivity index (χ0n) is 14.7. The fraction of sp³-hybridized carbons (Fsp3) is 1.00. The molecule has 1 N–H and O–H groups in total. The molecule has 2 nitrogen and oxygen atoms in total. The molecule has 0 aromatic rings. The predicted octanol–water partition coefficient (Wildman–Crippen LogP) is 3.91. The van der Waals surface area contributed by atoms with E-state index in [1.807, 2.05) is 0 Å². The number of hydrogen-bond donors (Lipinski definition) is 1. The highest BCUT2D eigenvalue weighted by atomic mass is 15.2. The molecule has 0 spiro atoms. The Hall–Kier alpha value is -0.0800. The first kappa shape index (κ1) is 15.8. The molecule has 0 radical (unpaired) electrons. The number of nitrogens with zero attached hydrogens (tertiary/aromatic N) is 1. The van der Waals surface area contributed by atoms with Gasteiger partial charge in [0.15, 0.2) is 0 Å². The molecule has 0 saturated heterocycles. The van der Waals surface area contributed by atoms with Crippen LogP contribution in [0.5, 0.6) is 0 Å². The van der Waals surface area contributed by atoms with Gasteiger partial charge < -0.3 is 10.2 Å². The topological polar surface area (TPSA) is 15.3 Å². The van der Waals surface area contributed by atoms with Crippen LogP contribution in [-0.4, -0.2) is 37.1 Å². The first-order valence-corrected chi connectivity index (χ1v) is 9.46. The van der Waals surface area contributed by atoms with Crippen molar-refractivity contribution in [2.75, 3.05) is 20.1 Å². The number of rotatable bonds is 7. The molecule has 4 aliphatic carbocycles. The Labute approximate surface area is 132 Å². The predicted molar refractivity (Wildman–Crippen MR) is 90.5 cm³/mol. The summed E-state index contributed by atoms with van der Waals surface area (Å²) in [6.07, 6.45) is 10.5. The summed E-state index contributed by atoms with van der Waals surface area (Å²) in [5.41, 5.74) is 0.632. The van der Waals surface area contributed by atoms with Crippen molar-refractivity contribution in [2.45, 2.75) is 77.8 Å². The van der Waals surface area contributed by atoms with Gasteiger partial charge >= 0.3 is 0 Å². The molecule has 0 aliphatic heterocycles. The second kappa shape index (κ2) is 6.20. The van der Waals surface area contributed by atoms with Gasteiger partial charge in [0.2, 0.25) is 0 Å². The third kappa shape index (κ3) is 3.17. The Bertz CT molecular complexity index is 314. The summed E-state index contributed by atoms with van der Waals surface area (Å²) in [7, 11) is 2.31. The van der Waals surface area contributed by atoms with Gasteiger partial charge in [0.05, 0.1) is 0 Å². The smallest absolute Gasteiger partial charge is 0.0251 e. The zero-order valence-corrected chi connectivity index (χ0v) is 14.7. The molecule has 4 bridgehead atoms. The summed E-state index contributed by atoms with van der Waals surface area (Å²) < 4.78 is 0. The first-order chi connectivity index (χ1) is 10.0. The molecule has 4 saturated carbocycles. The minimum absolute atomic E-state index is 0.632. The van der Waals surface area contributed by atoms with Crippen LogP contribution in [0.15, 0.2) is 0 Å². The highest BCUT2D eigenvalue weighted by Crippen LogP contribution is 2.61. The normalized spacial score (nSPS) is 39.4. The molecule has 21 heavy (non-hydrogen) atoms. The van der Waals surface area contributed by atoms with Crippen LogP contribution in [0.1, 0.15) is 65.7 Å². The van der Waals surface area contributed by atoms with Crippen molar-refractivity contribution in [3.05, 3.63) is 0 Å². The summed E-state index contributed by atoms with van der Waals surface area (Å²) in [4.78, 5) is 2.56. The van der Waals surface area contributed by atoms with E-state index in [-0.39, 0.29) is 0 Å². The minimum Gasteiger partial charge on any atom is -0.312 e. The van der Waals surface area contributed by atoms with E-state index >= 15 is 0 Å². The molecule has 1 atom stereocenters. The Morgan fingerprint density at radius 2 is 1.57 bits per heavy atom. The molecule has 0 heterocycles. The minimum atomic E-state index is 0.632. The molecule has 4 aliphatic rings. The monoisotopic (exact) mass is 292 g/mol. The standard InChI is InChI=1S/C19H36N2/c1-5-6-20-18(13-21(4)14(2)3)19-10-15-7-16(11-19)9-17(8-15)12-19/h14-18,20H,5-13H2,1-4H3. The van der Waals surface area contributed by atoms with E-state index in [1.165, 1.54) is 38.8 Å². The number of hydrogen-bond acceptors (Lipinski definition) is 2. The van der Waals surface area contributed by atoms with Gasteiger partial charge in [-0.05, 0) is 95.6 Å². The Morgan fingerprint density at radius 3 is 2.00 bits per heavy atom. The maximum absolute atomic E-state index is 3.97. The van der Waals surface area contributed by atoms with Crippen LogP contribution in [0.4, 0.5) is 0 Å². The maximum Gasteiger partial charge on any atom is 0.0251 e. The average molecular weight is 293 g/mol. The molecule has 1 unspecified atom stereocenters. The van der Waals surface area contributed by atoms with E-state index in [2.05, 4.69) is 38.0 Å². The van der Waals surface area contributed by atoms with Crippen LogP contribution >= 0.6 is 0 Å². The van der Waals surface area contributed by atoms with E-state index in [4.69, 9.17) is 0 Å². The van der Waals surface area contributed by atoms with E-state index in [0.717, 1.165) is 23.8 Å². The van der Waals surface area contributed by atoms with E-state index in [1.54, 1.807) is 19.3 Å². The third-order valence-corrected chi connectivity index (χ3v) is 6.82. The molecular formula is C19H36N2. The average Bonchev–Trinajstić information content (AvgIpc) is 2.41. The van der Waals surface area contributed by atoms with Crippen LogP contribution in [0.25, 0.3) is 0 Å². The molecular weight excluding hydrogens is 256 g/mol. The van der Waals surface area contributed by atoms with Crippen molar-refractivity contribution in [2.24, 2.45) is 23.2 Å².